The van der Waals surface area contributed by atoms with Crippen LogP contribution in [0.4, 0.5) is 0 Å². The Balaban J connectivity index is 2.39. The van der Waals surface area contributed by atoms with Crippen LogP contribution in [0.5, 0.6) is 0 Å². The quantitative estimate of drug-likeness (QED) is 0.847. The number of hydrogen-bond acceptors (Lipinski definition) is 2. The van der Waals surface area contributed by atoms with E-state index in [1.165, 1.54) is 9.13 Å². The molecule has 1 atom stereocenters. The first kappa shape index (κ1) is 11.9. The van der Waals surface area contributed by atoms with E-state index < -0.39 is 0 Å². The third-order valence-electron chi connectivity index (χ3n) is 2.10. The highest BCUT2D eigenvalue weighted by molar-refractivity contribution is 14.1. The van der Waals surface area contributed by atoms with Gasteiger partial charge in [0.2, 0.25) is 0 Å². The Morgan fingerprint density at radius 1 is 1.36 bits per heavy atom. The standard InChI is InChI=1S/C11H16INO/c1-14-7-6-11(13)8-9-2-4-10(12)5-3-9/h2-5,11H,6-8,13H2,1H3. The summed E-state index contributed by atoms with van der Waals surface area (Å²) in [6, 6.07) is 8.69. The third kappa shape index (κ3) is 4.39. The average molecular weight is 305 g/mol. The molecule has 0 aliphatic heterocycles. The lowest BCUT2D eigenvalue weighted by Gasteiger charge is -2.10. The number of benzene rings is 1. The van der Waals surface area contributed by atoms with Crippen molar-refractivity contribution in [2.75, 3.05) is 13.7 Å². The Kier molecular flexibility index (Phi) is 5.44. The predicted molar refractivity (Wildman–Crippen MR) is 67.3 cm³/mol. The Bertz CT molecular complexity index is 260. The van der Waals surface area contributed by atoms with Crippen molar-refractivity contribution in [2.24, 2.45) is 5.73 Å². The summed E-state index contributed by atoms with van der Waals surface area (Å²) in [5.74, 6) is 0. The highest BCUT2D eigenvalue weighted by Crippen LogP contribution is 2.09. The van der Waals surface area contributed by atoms with Gasteiger partial charge in [-0.3, -0.25) is 0 Å². The molecule has 0 aromatic heterocycles. The molecule has 3 heteroatoms. The Morgan fingerprint density at radius 2 is 2.00 bits per heavy atom. The van der Waals surface area contributed by atoms with Gasteiger partial charge in [-0.05, 0) is 53.1 Å². The van der Waals surface area contributed by atoms with E-state index in [4.69, 9.17) is 10.5 Å². The molecule has 0 aliphatic carbocycles. The molecule has 1 unspecified atom stereocenters. The number of rotatable bonds is 5. The van der Waals surface area contributed by atoms with Crippen molar-refractivity contribution in [1.82, 2.24) is 0 Å². The SMILES string of the molecule is COCCC(N)Cc1ccc(I)cc1. The van der Waals surface area contributed by atoms with Crippen LogP contribution >= 0.6 is 22.6 Å². The first-order valence-electron chi connectivity index (χ1n) is 4.71. The van der Waals surface area contributed by atoms with E-state index in [1.54, 1.807) is 7.11 Å². The molecule has 0 amide bonds. The third-order valence-corrected chi connectivity index (χ3v) is 2.82. The average Bonchev–Trinajstić information content (AvgIpc) is 2.18. The zero-order chi connectivity index (χ0) is 10.4. The highest BCUT2D eigenvalue weighted by atomic mass is 127. The van der Waals surface area contributed by atoms with E-state index in [2.05, 4.69) is 46.9 Å². The minimum absolute atomic E-state index is 0.204. The van der Waals surface area contributed by atoms with Gasteiger partial charge >= 0.3 is 0 Å². The van der Waals surface area contributed by atoms with E-state index in [9.17, 15) is 0 Å². The molecule has 1 aromatic rings. The fraction of sp³-hybridized carbons (Fsp3) is 0.455. The molecule has 2 N–H and O–H groups in total. The maximum atomic E-state index is 5.95. The van der Waals surface area contributed by atoms with Crippen LogP contribution in [-0.4, -0.2) is 19.8 Å². The number of methoxy groups -OCH3 is 1. The number of hydrogen-bond donors (Lipinski definition) is 1. The highest BCUT2D eigenvalue weighted by Gasteiger charge is 2.03. The van der Waals surface area contributed by atoms with Gasteiger partial charge in [0.25, 0.3) is 0 Å². The molecule has 0 aliphatic rings. The topological polar surface area (TPSA) is 35.2 Å². The van der Waals surface area contributed by atoms with Gasteiger partial charge in [-0.2, -0.15) is 0 Å². The number of nitrogens with two attached hydrogens (primary N) is 1. The molecular formula is C11H16INO. The van der Waals surface area contributed by atoms with Gasteiger partial charge in [-0.15, -0.1) is 0 Å². The van der Waals surface area contributed by atoms with Crippen molar-refractivity contribution >= 4 is 22.6 Å². The van der Waals surface area contributed by atoms with E-state index in [0.29, 0.717) is 0 Å². The summed E-state index contributed by atoms with van der Waals surface area (Å²) < 4.78 is 6.25. The zero-order valence-electron chi connectivity index (χ0n) is 8.37. The molecule has 0 spiro atoms. The van der Waals surface area contributed by atoms with Crippen LogP contribution in [0.2, 0.25) is 0 Å². The molecule has 1 aromatic carbocycles. The Hall–Kier alpha value is -0.130. The molecule has 0 fully saturated rings. The summed E-state index contributed by atoms with van der Waals surface area (Å²) >= 11 is 2.30. The molecule has 0 radical (unpaired) electrons. The number of ether oxygens (including phenoxy) is 1. The lowest BCUT2D eigenvalue weighted by molar-refractivity contribution is 0.188. The predicted octanol–water partition coefficient (Wildman–Crippen LogP) is 2.20. The van der Waals surface area contributed by atoms with E-state index in [1.807, 2.05) is 0 Å². The van der Waals surface area contributed by atoms with Gasteiger partial charge in [0.15, 0.2) is 0 Å². The maximum absolute atomic E-state index is 5.95. The van der Waals surface area contributed by atoms with Crippen LogP contribution in [-0.2, 0) is 11.2 Å². The van der Waals surface area contributed by atoms with Crippen molar-refractivity contribution in [1.29, 1.82) is 0 Å². The molecule has 0 bridgehead atoms. The second-order valence-electron chi connectivity index (χ2n) is 3.37. The van der Waals surface area contributed by atoms with Crippen LogP contribution in [0.1, 0.15) is 12.0 Å². The first-order chi connectivity index (χ1) is 6.72. The first-order valence-corrected chi connectivity index (χ1v) is 5.79. The lowest BCUT2D eigenvalue weighted by Crippen LogP contribution is -2.24. The summed E-state index contributed by atoms with van der Waals surface area (Å²) in [5, 5.41) is 0. The Morgan fingerprint density at radius 3 is 2.57 bits per heavy atom. The maximum Gasteiger partial charge on any atom is 0.0477 e. The fourth-order valence-corrected chi connectivity index (χ4v) is 1.65. The second kappa shape index (κ2) is 6.37. The smallest absolute Gasteiger partial charge is 0.0477 e. The summed E-state index contributed by atoms with van der Waals surface area (Å²) in [5.41, 5.74) is 7.25. The van der Waals surface area contributed by atoms with Crippen molar-refractivity contribution in [2.45, 2.75) is 18.9 Å². The molecule has 14 heavy (non-hydrogen) atoms. The van der Waals surface area contributed by atoms with Gasteiger partial charge in [-0.1, -0.05) is 12.1 Å². The fourth-order valence-electron chi connectivity index (χ4n) is 1.29. The molecule has 0 saturated carbocycles. The minimum atomic E-state index is 0.204. The summed E-state index contributed by atoms with van der Waals surface area (Å²) in [6.07, 6.45) is 1.85. The molecular weight excluding hydrogens is 289 g/mol. The van der Waals surface area contributed by atoms with Gasteiger partial charge < -0.3 is 10.5 Å². The van der Waals surface area contributed by atoms with Crippen LogP contribution in [0.15, 0.2) is 24.3 Å². The van der Waals surface area contributed by atoms with Crippen LogP contribution in [0.3, 0.4) is 0 Å². The molecule has 1 rings (SSSR count). The summed E-state index contributed by atoms with van der Waals surface area (Å²) in [6.45, 7) is 0.742. The summed E-state index contributed by atoms with van der Waals surface area (Å²) in [7, 11) is 1.71. The van der Waals surface area contributed by atoms with Gasteiger partial charge in [0.1, 0.15) is 0 Å². The lowest BCUT2D eigenvalue weighted by atomic mass is 10.0. The van der Waals surface area contributed by atoms with Crippen molar-refractivity contribution in [3.8, 4) is 0 Å². The molecule has 0 saturated heterocycles. The largest absolute Gasteiger partial charge is 0.385 e. The zero-order valence-corrected chi connectivity index (χ0v) is 10.5. The van der Waals surface area contributed by atoms with Crippen LogP contribution in [0, 0.1) is 3.57 Å². The van der Waals surface area contributed by atoms with Gasteiger partial charge in [0, 0.05) is 23.3 Å². The monoisotopic (exact) mass is 305 g/mol. The van der Waals surface area contributed by atoms with Crippen molar-refractivity contribution in [3.63, 3.8) is 0 Å². The summed E-state index contributed by atoms with van der Waals surface area (Å²) in [4.78, 5) is 0. The Labute approximate surface area is 99.0 Å². The normalized spacial score (nSPS) is 12.8. The minimum Gasteiger partial charge on any atom is -0.385 e. The molecule has 2 nitrogen and oxygen atoms in total. The molecule has 0 heterocycles. The van der Waals surface area contributed by atoms with Gasteiger partial charge in [-0.25, -0.2) is 0 Å². The van der Waals surface area contributed by atoms with Crippen molar-refractivity contribution < 1.29 is 4.74 Å². The van der Waals surface area contributed by atoms with Crippen molar-refractivity contribution in [3.05, 3.63) is 33.4 Å². The van der Waals surface area contributed by atoms with E-state index in [0.717, 1.165) is 19.4 Å². The van der Waals surface area contributed by atoms with Crippen LogP contribution in [0.25, 0.3) is 0 Å². The number of halogens is 1. The van der Waals surface area contributed by atoms with Crippen LogP contribution < -0.4 is 5.73 Å². The second-order valence-corrected chi connectivity index (χ2v) is 4.62. The molecule has 78 valence electrons. The van der Waals surface area contributed by atoms with Gasteiger partial charge in [0.05, 0.1) is 0 Å². The van der Waals surface area contributed by atoms with E-state index in [-0.39, 0.29) is 6.04 Å². The van der Waals surface area contributed by atoms with E-state index >= 15 is 0 Å².